The summed E-state index contributed by atoms with van der Waals surface area (Å²) in [6.07, 6.45) is 0.948. The van der Waals surface area contributed by atoms with Crippen LogP contribution in [0.15, 0.2) is 0 Å². The average molecular weight is 258 g/mol. The van der Waals surface area contributed by atoms with Gasteiger partial charge in [0.05, 0.1) is 0 Å². The van der Waals surface area contributed by atoms with Gasteiger partial charge in [-0.1, -0.05) is 27.7 Å². The highest BCUT2D eigenvalue weighted by atomic mass is 16.3. The smallest absolute Gasteiger partial charge is 0.242 e. The fourth-order valence-corrected chi connectivity index (χ4v) is 1.54. The fourth-order valence-electron chi connectivity index (χ4n) is 1.54. The number of carbonyl (C=O) groups excluding carboxylic acids is 2. The van der Waals surface area contributed by atoms with Crippen molar-refractivity contribution in [3.05, 3.63) is 0 Å². The van der Waals surface area contributed by atoms with Gasteiger partial charge in [0.1, 0.15) is 6.04 Å². The van der Waals surface area contributed by atoms with Gasteiger partial charge in [-0.2, -0.15) is 0 Å². The van der Waals surface area contributed by atoms with Gasteiger partial charge < -0.3 is 15.7 Å². The van der Waals surface area contributed by atoms with Crippen molar-refractivity contribution in [2.75, 3.05) is 13.2 Å². The van der Waals surface area contributed by atoms with Gasteiger partial charge in [0.25, 0.3) is 0 Å². The topological polar surface area (TPSA) is 78.4 Å². The van der Waals surface area contributed by atoms with E-state index in [0.29, 0.717) is 19.4 Å². The molecule has 18 heavy (non-hydrogen) atoms. The number of hydrogen-bond acceptors (Lipinski definition) is 3. The lowest BCUT2D eigenvalue weighted by atomic mass is 10.0. The van der Waals surface area contributed by atoms with Crippen LogP contribution in [0.1, 0.15) is 40.5 Å². The Hall–Kier alpha value is -1.10. The van der Waals surface area contributed by atoms with E-state index in [4.69, 9.17) is 5.11 Å². The molecular weight excluding hydrogens is 232 g/mol. The van der Waals surface area contributed by atoms with Gasteiger partial charge in [-0.3, -0.25) is 9.59 Å². The first kappa shape index (κ1) is 16.9. The predicted molar refractivity (Wildman–Crippen MR) is 70.9 cm³/mol. The number of carbonyl (C=O) groups is 2. The highest BCUT2D eigenvalue weighted by Crippen LogP contribution is 2.05. The highest BCUT2D eigenvalue weighted by molar-refractivity contribution is 5.87. The Morgan fingerprint density at radius 3 is 2.22 bits per heavy atom. The van der Waals surface area contributed by atoms with Gasteiger partial charge in [-0.25, -0.2) is 0 Å². The zero-order valence-electron chi connectivity index (χ0n) is 11.8. The predicted octanol–water partition coefficient (Wildman–Crippen LogP) is 0.672. The van der Waals surface area contributed by atoms with Crippen molar-refractivity contribution in [1.29, 1.82) is 0 Å². The summed E-state index contributed by atoms with van der Waals surface area (Å²) in [7, 11) is 0. The molecule has 0 rings (SSSR count). The molecule has 0 aromatic heterocycles. The molecule has 5 heteroatoms. The fraction of sp³-hybridized carbons (Fsp3) is 0.846. The van der Waals surface area contributed by atoms with E-state index in [1.54, 1.807) is 0 Å². The van der Waals surface area contributed by atoms with Crippen molar-refractivity contribution in [1.82, 2.24) is 10.6 Å². The first-order valence-corrected chi connectivity index (χ1v) is 6.56. The standard InChI is InChI=1S/C13H26N2O3/c1-9(2)8-11(17)15-12(10(3)4)13(18)14-6-5-7-16/h9-10,12,16H,5-8H2,1-4H3,(H,14,18)(H,15,17). The quantitative estimate of drug-likeness (QED) is 0.560. The minimum absolute atomic E-state index is 0.0373. The molecular formula is C13H26N2O3. The average Bonchev–Trinajstić information content (AvgIpc) is 2.24. The molecule has 0 saturated heterocycles. The van der Waals surface area contributed by atoms with Crippen LogP contribution < -0.4 is 10.6 Å². The van der Waals surface area contributed by atoms with E-state index in [9.17, 15) is 9.59 Å². The first-order valence-electron chi connectivity index (χ1n) is 6.56. The van der Waals surface area contributed by atoms with Crippen LogP contribution >= 0.6 is 0 Å². The highest BCUT2D eigenvalue weighted by Gasteiger charge is 2.23. The molecule has 0 aromatic rings. The van der Waals surface area contributed by atoms with E-state index in [0.717, 1.165) is 0 Å². The van der Waals surface area contributed by atoms with Crippen LogP contribution in [0.5, 0.6) is 0 Å². The van der Waals surface area contributed by atoms with Crippen LogP contribution in [0.3, 0.4) is 0 Å². The van der Waals surface area contributed by atoms with Gasteiger partial charge in [0.2, 0.25) is 11.8 Å². The molecule has 0 radical (unpaired) electrons. The number of hydrogen-bond donors (Lipinski definition) is 3. The van der Waals surface area contributed by atoms with Crippen molar-refractivity contribution in [2.45, 2.75) is 46.6 Å². The van der Waals surface area contributed by atoms with Crippen molar-refractivity contribution in [2.24, 2.45) is 11.8 Å². The number of rotatable bonds is 8. The summed E-state index contributed by atoms with van der Waals surface area (Å²) >= 11 is 0. The molecule has 1 atom stereocenters. The molecule has 0 aliphatic rings. The van der Waals surface area contributed by atoms with E-state index in [2.05, 4.69) is 10.6 Å². The molecule has 106 valence electrons. The van der Waals surface area contributed by atoms with E-state index < -0.39 is 6.04 Å². The second-order valence-electron chi connectivity index (χ2n) is 5.26. The summed E-state index contributed by atoms with van der Waals surface area (Å²) in [6, 6.07) is -0.505. The molecule has 0 bridgehead atoms. The summed E-state index contributed by atoms with van der Waals surface area (Å²) in [4.78, 5) is 23.5. The minimum atomic E-state index is -0.505. The van der Waals surface area contributed by atoms with Crippen LogP contribution in [0, 0.1) is 11.8 Å². The van der Waals surface area contributed by atoms with Crippen molar-refractivity contribution < 1.29 is 14.7 Å². The van der Waals surface area contributed by atoms with Crippen LogP contribution in [0.4, 0.5) is 0 Å². The largest absolute Gasteiger partial charge is 0.396 e. The Balaban J connectivity index is 4.29. The molecule has 2 amide bonds. The Bertz CT molecular complexity index is 265. The molecule has 0 spiro atoms. The number of aliphatic hydroxyl groups excluding tert-OH is 1. The van der Waals surface area contributed by atoms with Gasteiger partial charge in [-0.15, -0.1) is 0 Å². The van der Waals surface area contributed by atoms with Gasteiger partial charge >= 0.3 is 0 Å². The summed E-state index contributed by atoms with van der Waals surface area (Å²) < 4.78 is 0. The Labute approximate surface area is 109 Å². The van der Waals surface area contributed by atoms with Crippen LogP contribution in [-0.2, 0) is 9.59 Å². The van der Waals surface area contributed by atoms with Crippen molar-refractivity contribution in [3.63, 3.8) is 0 Å². The molecule has 0 fully saturated rings. The molecule has 0 heterocycles. The second-order valence-corrected chi connectivity index (χ2v) is 5.26. The maximum Gasteiger partial charge on any atom is 0.242 e. The number of aliphatic hydroxyl groups is 1. The Morgan fingerprint density at radius 1 is 1.17 bits per heavy atom. The monoisotopic (exact) mass is 258 g/mol. The third-order valence-corrected chi connectivity index (χ3v) is 2.49. The molecule has 0 aliphatic carbocycles. The number of nitrogens with one attached hydrogen (secondary N) is 2. The summed E-state index contributed by atoms with van der Waals surface area (Å²) in [5.74, 6) is 0.0297. The number of amides is 2. The third kappa shape index (κ3) is 7.27. The van der Waals surface area contributed by atoms with Gasteiger partial charge in [-0.05, 0) is 18.3 Å². The SMILES string of the molecule is CC(C)CC(=O)NC(C(=O)NCCCO)C(C)C. The van der Waals surface area contributed by atoms with Gasteiger partial charge in [0, 0.05) is 19.6 Å². The molecule has 5 nitrogen and oxygen atoms in total. The van der Waals surface area contributed by atoms with Gasteiger partial charge in [0.15, 0.2) is 0 Å². The molecule has 0 aliphatic heterocycles. The lowest BCUT2D eigenvalue weighted by molar-refractivity contribution is -0.130. The lowest BCUT2D eigenvalue weighted by Gasteiger charge is -2.22. The van der Waals surface area contributed by atoms with Crippen LogP contribution in [0.25, 0.3) is 0 Å². The summed E-state index contributed by atoms with van der Waals surface area (Å²) in [5, 5.41) is 14.1. The Kier molecular flexibility index (Phi) is 8.37. The normalized spacial score (nSPS) is 12.6. The zero-order valence-corrected chi connectivity index (χ0v) is 11.8. The third-order valence-electron chi connectivity index (χ3n) is 2.49. The van der Waals surface area contributed by atoms with Crippen LogP contribution in [0.2, 0.25) is 0 Å². The zero-order chi connectivity index (χ0) is 14.1. The Morgan fingerprint density at radius 2 is 1.78 bits per heavy atom. The molecule has 3 N–H and O–H groups in total. The maximum absolute atomic E-state index is 11.9. The molecule has 0 saturated carbocycles. The summed E-state index contributed by atoms with van der Waals surface area (Å²) in [5.41, 5.74) is 0. The van der Waals surface area contributed by atoms with E-state index in [1.165, 1.54) is 0 Å². The molecule has 1 unspecified atom stereocenters. The van der Waals surface area contributed by atoms with E-state index in [-0.39, 0.29) is 30.3 Å². The van der Waals surface area contributed by atoms with Crippen molar-refractivity contribution in [3.8, 4) is 0 Å². The first-order chi connectivity index (χ1) is 8.38. The van der Waals surface area contributed by atoms with E-state index in [1.807, 2.05) is 27.7 Å². The maximum atomic E-state index is 11.9. The second kappa shape index (κ2) is 8.91. The lowest BCUT2D eigenvalue weighted by Crippen LogP contribution is -2.50. The molecule has 0 aromatic carbocycles. The van der Waals surface area contributed by atoms with Crippen LogP contribution in [-0.4, -0.2) is 36.1 Å². The summed E-state index contributed by atoms with van der Waals surface area (Å²) in [6.45, 7) is 8.19. The minimum Gasteiger partial charge on any atom is -0.396 e. The van der Waals surface area contributed by atoms with Crippen molar-refractivity contribution >= 4 is 11.8 Å². The van der Waals surface area contributed by atoms with E-state index >= 15 is 0 Å².